The van der Waals surface area contributed by atoms with Crippen LogP contribution in [0.3, 0.4) is 0 Å². The molecule has 1 aliphatic rings. The van der Waals surface area contributed by atoms with E-state index in [9.17, 15) is 4.79 Å². The van der Waals surface area contributed by atoms with Crippen LogP contribution in [0.2, 0.25) is 0 Å². The van der Waals surface area contributed by atoms with E-state index in [-0.39, 0.29) is 5.91 Å². The van der Waals surface area contributed by atoms with Gasteiger partial charge in [-0.15, -0.1) is 0 Å². The molecule has 3 rings (SSSR count). The monoisotopic (exact) mass is 280 g/mol. The smallest absolute Gasteiger partial charge is 0.255 e. The summed E-state index contributed by atoms with van der Waals surface area (Å²) in [5.74, 6) is 0.124. The molecule has 1 aromatic heterocycles. The van der Waals surface area contributed by atoms with Gasteiger partial charge < -0.3 is 4.90 Å². The minimum Gasteiger partial charge on any atom is -0.339 e. The Morgan fingerprint density at radius 3 is 2.38 bits per heavy atom. The molecule has 0 saturated carbocycles. The van der Waals surface area contributed by atoms with Crippen molar-refractivity contribution >= 4 is 5.91 Å². The third-order valence-electron chi connectivity index (χ3n) is 4.03. The summed E-state index contributed by atoms with van der Waals surface area (Å²) < 4.78 is 0. The normalized spacial score (nSPS) is 15.0. The number of carbonyl (C=O) groups is 1. The van der Waals surface area contributed by atoms with Gasteiger partial charge in [-0.05, 0) is 38.3 Å². The first kappa shape index (κ1) is 13.8. The van der Waals surface area contributed by atoms with Crippen molar-refractivity contribution in [3.63, 3.8) is 0 Å². The fourth-order valence-corrected chi connectivity index (χ4v) is 2.82. The minimum atomic E-state index is 0.124. The highest BCUT2D eigenvalue weighted by atomic mass is 16.2. The standard InChI is InChI=1S/C18H20N2O/c1-14-16(18(21)20-12-6-3-7-13-20)10-11-17(19-14)15-8-4-2-5-9-15/h2,4-5,8-11H,3,6-7,12-13H2,1H3. The molecule has 2 aromatic rings. The molecule has 1 fully saturated rings. The zero-order valence-electron chi connectivity index (χ0n) is 12.4. The average Bonchev–Trinajstić information content (AvgIpc) is 2.56. The second-order valence-electron chi connectivity index (χ2n) is 5.55. The van der Waals surface area contributed by atoms with E-state index in [4.69, 9.17) is 0 Å². The highest BCUT2D eigenvalue weighted by Gasteiger charge is 2.20. The Labute approximate surface area is 125 Å². The summed E-state index contributed by atoms with van der Waals surface area (Å²) in [7, 11) is 0. The molecule has 0 atom stereocenters. The summed E-state index contributed by atoms with van der Waals surface area (Å²) in [6, 6.07) is 13.9. The number of nitrogens with zero attached hydrogens (tertiary/aromatic N) is 2. The number of aromatic nitrogens is 1. The van der Waals surface area contributed by atoms with Crippen molar-refractivity contribution in [2.75, 3.05) is 13.1 Å². The first-order chi connectivity index (χ1) is 10.3. The third kappa shape index (κ3) is 2.97. The second kappa shape index (κ2) is 6.08. The highest BCUT2D eigenvalue weighted by Crippen LogP contribution is 2.20. The van der Waals surface area contributed by atoms with E-state index in [1.807, 2.05) is 54.3 Å². The van der Waals surface area contributed by atoms with E-state index in [0.717, 1.165) is 48.4 Å². The van der Waals surface area contributed by atoms with Crippen LogP contribution in [0.4, 0.5) is 0 Å². The summed E-state index contributed by atoms with van der Waals surface area (Å²) >= 11 is 0. The molecule has 0 aliphatic carbocycles. The van der Waals surface area contributed by atoms with E-state index < -0.39 is 0 Å². The van der Waals surface area contributed by atoms with Crippen LogP contribution in [-0.2, 0) is 0 Å². The number of piperidine rings is 1. The van der Waals surface area contributed by atoms with Crippen LogP contribution < -0.4 is 0 Å². The topological polar surface area (TPSA) is 33.2 Å². The van der Waals surface area contributed by atoms with E-state index >= 15 is 0 Å². The van der Waals surface area contributed by atoms with Crippen LogP contribution in [0, 0.1) is 6.92 Å². The van der Waals surface area contributed by atoms with E-state index in [2.05, 4.69) is 4.98 Å². The van der Waals surface area contributed by atoms with Crippen LogP contribution in [0.5, 0.6) is 0 Å². The van der Waals surface area contributed by atoms with Crippen LogP contribution in [0.1, 0.15) is 35.3 Å². The maximum Gasteiger partial charge on any atom is 0.255 e. The number of hydrogen-bond acceptors (Lipinski definition) is 2. The molecule has 0 unspecified atom stereocenters. The molecule has 1 aliphatic heterocycles. The first-order valence-corrected chi connectivity index (χ1v) is 7.58. The van der Waals surface area contributed by atoms with E-state index in [0.29, 0.717) is 0 Å². The van der Waals surface area contributed by atoms with E-state index in [1.165, 1.54) is 6.42 Å². The number of likely N-dealkylation sites (tertiary alicyclic amines) is 1. The van der Waals surface area contributed by atoms with Crippen molar-refractivity contribution in [2.45, 2.75) is 26.2 Å². The molecule has 1 aromatic carbocycles. The van der Waals surface area contributed by atoms with Crippen LogP contribution in [0.15, 0.2) is 42.5 Å². The third-order valence-corrected chi connectivity index (χ3v) is 4.03. The molecule has 21 heavy (non-hydrogen) atoms. The molecular weight excluding hydrogens is 260 g/mol. The van der Waals surface area contributed by atoms with Gasteiger partial charge in [-0.3, -0.25) is 9.78 Å². The van der Waals surface area contributed by atoms with Crippen molar-refractivity contribution in [2.24, 2.45) is 0 Å². The molecule has 2 heterocycles. The number of carbonyl (C=O) groups excluding carboxylic acids is 1. The zero-order valence-corrected chi connectivity index (χ0v) is 12.4. The Morgan fingerprint density at radius 1 is 1.00 bits per heavy atom. The minimum absolute atomic E-state index is 0.124. The molecule has 3 nitrogen and oxygen atoms in total. The Morgan fingerprint density at radius 2 is 1.71 bits per heavy atom. The molecule has 0 bridgehead atoms. The summed E-state index contributed by atoms with van der Waals surface area (Å²) in [5, 5.41) is 0. The maximum absolute atomic E-state index is 12.6. The van der Waals surface area contributed by atoms with Gasteiger partial charge in [-0.1, -0.05) is 30.3 Å². The van der Waals surface area contributed by atoms with Gasteiger partial charge in [0, 0.05) is 18.7 Å². The molecular formula is C18H20N2O. The lowest BCUT2D eigenvalue weighted by molar-refractivity contribution is 0.0723. The Balaban J connectivity index is 1.86. The first-order valence-electron chi connectivity index (χ1n) is 7.58. The van der Waals surface area contributed by atoms with Gasteiger partial charge >= 0.3 is 0 Å². The second-order valence-corrected chi connectivity index (χ2v) is 5.55. The maximum atomic E-state index is 12.6. The Kier molecular flexibility index (Phi) is 4.00. The summed E-state index contributed by atoms with van der Waals surface area (Å²) in [6.07, 6.45) is 3.45. The lowest BCUT2D eigenvalue weighted by atomic mass is 10.1. The van der Waals surface area contributed by atoms with Gasteiger partial charge in [-0.2, -0.15) is 0 Å². The van der Waals surface area contributed by atoms with Crippen molar-refractivity contribution in [3.05, 3.63) is 53.7 Å². The Bertz CT molecular complexity index is 631. The predicted octanol–water partition coefficient (Wildman–Crippen LogP) is 3.68. The van der Waals surface area contributed by atoms with Crippen molar-refractivity contribution < 1.29 is 4.79 Å². The van der Waals surface area contributed by atoms with Crippen molar-refractivity contribution in [1.29, 1.82) is 0 Å². The van der Waals surface area contributed by atoms with Gasteiger partial charge in [0.1, 0.15) is 0 Å². The number of hydrogen-bond donors (Lipinski definition) is 0. The lowest BCUT2D eigenvalue weighted by Gasteiger charge is -2.27. The molecule has 0 radical (unpaired) electrons. The summed E-state index contributed by atoms with van der Waals surface area (Å²) in [4.78, 5) is 19.1. The quantitative estimate of drug-likeness (QED) is 0.840. The van der Waals surface area contributed by atoms with Gasteiger partial charge in [-0.25, -0.2) is 0 Å². The summed E-state index contributed by atoms with van der Waals surface area (Å²) in [6.45, 7) is 3.67. The van der Waals surface area contributed by atoms with Crippen LogP contribution in [0.25, 0.3) is 11.3 Å². The lowest BCUT2D eigenvalue weighted by Crippen LogP contribution is -2.36. The van der Waals surface area contributed by atoms with Crippen molar-refractivity contribution in [1.82, 2.24) is 9.88 Å². The SMILES string of the molecule is Cc1nc(-c2ccccc2)ccc1C(=O)N1CCCCC1. The molecule has 3 heteroatoms. The van der Waals surface area contributed by atoms with Crippen LogP contribution >= 0.6 is 0 Å². The van der Waals surface area contributed by atoms with Gasteiger partial charge in [0.05, 0.1) is 17.0 Å². The molecule has 0 spiro atoms. The molecule has 1 amide bonds. The predicted molar refractivity (Wildman–Crippen MR) is 84.2 cm³/mol. The zero-order chi connectivity index (χ0) is 14.7. The average molecular weight is 280 g/mol. The Hall–Kier alpha value is -2.16. The number of benzene rings is 1. The molecule has 1 saturated heterocycles. The van der Waals surface area contributed by atoms with Crippen LogP contribution in [-0.4, -0.2) is 28.9 Å². The van der Waals surface area contributed by atoms with Gasteiger partial charge in [0.2, 0.25) is 0 Å². The fourth-order valence-electron chi connectivity index (χ4n) is 2.82. The molecule has 0 N–H and O–H groups in total. The number of pyridine rings is 1. The van der Waals surface area contributed by atoms with Gasteiger partial charge in [0.25, 0.3) is 5.91 Å². The highest BCUT2D eigenvalue weighted by molar-refractivity contribution is 5.95. The summed E-state index contributed by atoms with van der Waals surface area (Å²) in [5.41, 5.74) is 3.55. The largest absolute Gasteiger partial charge is 0.339 e. The van der Waals surface area contributed by atoms with Crippen molar-refractivity contribution in [3.8, 4) is 11.3 Å². The number of rotatable bonds is 2. The number of amides is 1. The number of aryl methyl sites for hydroxylation is 1. The fraction of sp³-hybridized carbons (Fsp3) is 0.333. The molecule has 108 valence electrons. The van der Waals surface area contributed by atoms with E-state index in [1.54, 1.807) is 0 Å². The van der Waals surface area contributed by atoms with Gasteiger partial charge in [0.15, 0.2) is 0 Å².